The van der Waals surface area contributed by atoms with Crippen molar-refractivity contribution < 1.29 is 4.39 Å². The Balaban J connectivity index is 2.81. The van der Waals surface area contributed by atoms with E-state index in [-0.39, 0.29) is 11.9 Å². The van der Waals surface area contributed by atoms with E-state index in [0.29, 0.717) is 12.0 Å². The van der Waals surface area contributed by atoms with E-state index >= 15 is 0 Å². The second kappa shape index (κ2) is 4.72. The van der Waals surface area contributed by atoms with Crippen LogP contribution in [-0.4, -0.2) is 6.04 Å². The van der Waals surface area contributed by atoms with Crippen molar-refractivity contribution in [3.8, 4) is 0 Å². The molecule has 0 aromatic heterocycles. The van der Waals surface area contributed by atoms with E-state index in [0.717, 1.165) is 10.9 Å². The van der Waals surface area contributed by atoms with Crippen LogP contribution < -0.4 is 5.73 Å². The van der Waals surface area contributed by atoms with Crippen molar-refractivity contribution in [3.63, 3.8) is 0 Å². The minimum absolute atomic E-state index is 0.0452. The molecule has 0 heterocycles. The molecular formula is C10H13BrFN. The SMILES string of the molecule is CCC(N)Cc1cc(Br)ccc1F. The summed E-state index contributed by atoms with van der Waals surface area (Å²) in [6, 6.07) is 4.98. The van der Waals surface area contributed by atoms with Crippen molar-refractivity contribution in [3.05, 3.63) is 34.1 Å². The predicted octanol–water partition coefficient (Wildman–Crippen LogP) is 2.87. The third-order valence-corrected chi connectivity index (χ3v) is 2.51. The van der Waals surface area contributed by atoms with Crippen LogP contribution in [0.4, 0.5) is 4.39 Å². The maximum atomic E-state index is 13.2. The highest BCUT2D eigenvalue weighted by Crippen LogP contribution is 2.17. The van der Waals surface area contributed by atoms with E-state index in [4.69, 9.17) is 5.73 Å². The summed E-state index contributed by atoms with van der Waals surface area (Å²) < 4.78 is 14.1. The van der Waals surface area contributed by atoms with E-state index < -0.39 is 0 Å². The molecule has 1 aromatic carbocycles. The molecule has 0 aliphatic carbocycles. The summed E-state index contributed by atoms with van der Waals surface area (Å²) in [6.45, 7) is 2.00. The molecule has 0 amide bonds. The Labute approximate surface area is 86.3 Å². The second-order valence-electron chi connectivity index (χ2n) is 3.11. The lowest BCUT2D eigenvalue weighted by Gasteiger charge is -2.09. The smallest absolute Gasteiger partial charge is 0.126 e. The van der Waals surface area contributed by atoms with Crippen LogP contribution in [0.2, 0.25) is 0 Å². The van der Waals surface area contributed by atoms with Gasteiger partial charge in [-0.25, -0.2) is 4.39 Å². The molecular weight excluding hydrogens is 233 g/mol. The average Bonchev–Trinajstić information content (AvgIpc) is 2.11. The fourth-order valence-corrected chi connectivity index (χ4v) is 1.54. The summed E-state index contributed by atoms with van der Waals surface area (Å²) in [5, 5.41) is 0. The second-order valence-corrected chi connectivity index (χ2v) is 4.02. The summed E-state index contributed by atoms with van der Waals surface area (Å²) in [7, 11) is 0. The highest BCUT2D eigenvalue weighted by atomic mass is 79.9. The summed E-state index contributed by atoms with van der Waals surface area (Å²) in [4.78, 5) is 0. The van der Waals surface area contributed by atoms with Gasteiger partial charge < -0.3 is 5.73 Å². The van der Waals surface area contributed by atoms with Gasteiger partial charge in [0, 0.05) is 10.5 Å². The Morgan fingerprint density at radius 3 is 2.85 bits per heavy atom. The maximum absolute atomic E-state index is 13.2. The van der Waals surface area contributed by atoms with Crippen molar-refractivity contribution >= 4 is 15.9 Å². The molecule has 2 N–H and O–H groups in total. The predicted molar refractivity (Wildman–Crippen MR) is 56.1 cm³/mol. The van der Waals surface area contributed by atoms with Gasteiger partial charge in [0.2, 0.25) is 0 Å². The van der Waals surface area contributed by atoms with Crippen molar-refractivity contribution in [2.45, 2.75) is 25.8 Å². The van der Waals surface area contributed by atoms with Crippen LogP contribution in [0.3, 0.4) is 0 Å². The highest BCUT2D eigenvalue weighted by Gasteiger charge is 2.06. The van der Waals surface area contributed by atoms with Crippen LogP contribution in [0, 0.1) is 5.82 Å². The van der Waals surface area contributed by atoms with Gasteiger partial charge in [0.05, 0.1) is 0 Å². The zero-order valence-corrected chi connectivity index (χ0v) is 9.14. The standard InChI is InChI=1S/C10H13BrFN/c1-2-9(13)6-7-5-8(11)3-4-10(7)12/h3-5,9H,2,6,13H2,1H3. The molecule has 0 aliphatic heterocycles. The van der Waals surface area contributed by atoms with Crippen molar-refractivity contribution in [2.75, 3.05) is 0 Å². The lowest BCUT2D eigenvalue weighted by atomic mass is 10.0. The number of hydrogen-bond acceptors (Lipinski definition) is 1. The Morgan fingerprint density at radius 1 is 1.54 bits per heavy atom. The average molecular weight is 246 g/mol. The molecule has 0 fully saturated rings. The van der Waals surface area contributed by atoms with Gasteiger partial charge in [-0.15, -0.1) is 0 Å². The quantitative estimate of drug-likeness (QED) is 0.871. The van der Waals surface area contributed by atoms with Gasteiger partial charge >= 0.3 is 0 Å². The minimum Gasteiger partial charge on any atom is -0.327 e. The van der Waals surface area contributed by atoms with Crippen LogP contribution in [0.25, 0.3) is 0 Å². The largest absolute Gasteiger partial charge is 0.327 e. The summed E-state index contributed by atoms with van der Waals surface area (Å²) >= 11 is 3.30. The number of rotatable bonds is 3. The van der Waals surface area contributed by atoms with Gasteiger partial charge in [-0.1, -0.05) is 22.9 Å². The number of halogens is 2. The summed E-state index contributed by atoms with van der Waals surface area (Å²) in [5.74, 6) is -0.174. The summed E-state index contributed by atoms with van der Waals surface area (Å²) in [6.07, 6.45) is 1.47. The zero-order chi connectivity index (χ0) is 9.84. The number of nitrogens with two attached hydrogens (primary N) is 1. The lowest BCUT2D eigenvalue weighted by Crippen LogP contribution is -2.21. The monoisotopic (exact) mass is 245 g/mol. The molecule has 0 saturated carbocycles. The molecule has 72 valence electrons. The molecule has 0 radical (unpaired) electrons. The molecule has 1 aromatic rings. The molecule has 1 nitrogen and oxygen atoms in total. The molecule has 3 heteroatoms. The minimum atomic E-state index is -0.174. The van der Waals surface area contributed by atoms with Gasteiger partial charge in [0.1, 0.15) is 5.82 Å². The molecule has 0 aliphatic rings. The van der Waals surface area contributed by atoms with Crippen LogP contribution in [0.1, 0.15) is 18.9 Å². The van der Waals surface area contributed by atoms with E-state index in [1.165, 1.54) is 6.07 Å². The topological polar surface area (TPSA) is 26.0 Å². The van der Waals surface area contributed by atoms with E-state index in [1.807, 2.05) is 6.92 Å². The number of benzene rings is 1. The van der Waals surface area contributed by atoms with Gasteiger partial charge in [-0.3, -0.25) is 0 Å². The summed E-state index contributed by atoms with van der Waals surface area (Å²) in [5.41, 5.74) is 6.43. The van der Waals surface area contributed by atoms with Crippen molar-refractivity contribution in [1.29, 1.82) is 0 Å². The Hall–Kier alpha value is -0.410. The third kappa shape index (κ3) is 3.08. The first-order valence-corrected chi connectivity index (χ1v) is 5.12. The molecule has 0 bridgehead atoms. The van der Waals surface area contributed by atoms with E-state index in [9.17, 15) is 4.39 Å². The Kier molecular flexibility index (Phi) is 3.88. The van der Waals surface area contributed by atoms with Crippen LogP contribution >= 0.6 is 15.9 Å². The molecule has 0 saturated heterocycles. The molecule has 13 heavy (non-hydrogen) atoms. The Bertz CT molecular complexity index is 288. The number of hydrogen-bond donors (Lipinski definition) is 1. The van der Waals surface area contributed by atoms with Crippen LogP contribution in [0.15, 0.2) is 22.7 Å². The lowest BCUT2D eigenvalue weighted by molar-refractivity contribution is 0.578. The van der Waals surface area contributed by atoms with E-state index in [1.54, 1.807) is 12.1 Å². The first-order chi connectivity index (χ1) is 6.13. The Morgan fingerprint density at radius 2 is 2.23 bits per heavy atom. The highest BCUT2D eigenvalue weighted by molar-refractivity contribution is 9.10. The van der Waals surface area contributed by atoms with Gasteiger partial charge in [0.15, 0.2) is 0 Å². The molecule has 0 spiro atoms. The van der Waals surface area contributed by atoms with Gasteiger partial charge in [0.25, 0.3) is 0 Å². The van der Waals surface area contributed by atoms with Crippen LogP contribution in [-0.2, 0) is 6.42 Å². The fraction of sp³-hybridized carbons (Fsp3) is 0.400. The van der Waals surface area contributed by atoms with Crippen LogP contribution in [0.5, 0.6) is 0 Å². The molecule has 1 atom stereocenters. The normalized spacial score (nSPS) is 12.9. The van der Waals surface area contributed by atoms with Crippen molar-refractivity contribution in [2.24, 2.45) is 5.73 Å². The van der Waals surface area contributed by atoms with Gasteiger partial charge in [-0.2, -0.15) is 0 Å². The zero-order valence-electron chi connectivity index (χ0n) is 7.56. The first-order valence-electron chi connectivity index (χ1n) is 4.33. The molecule has 1 unspecified atom stereocenters. The van der Waals surface area contributed by atoms with E-state index in [2.05, 4.69) is 15.9 Å². The third-order valence-electron chi connectivity index (χ3n) is 2.01. The fourth-order valence-electron chi connectivity index (χ4n) is 1.13. The first kappa shape index (κ1) is 10.7. The van der Waals surface area contributed by atoms with Crippen molar-refractivity contribution in [1.82, 2.24) is 0 Å². The molecule has 1 rings (SSSR count). The maximum Gasteiger partial charge on any atom is 0.126 e. The van der Waals surface area contributed by atoms with Gasteiger partial charge in [-0.05, 0) is 36.6 Å².